The Hall–Kier alpha value is -2.50. The number of benzene rings is 2. The van der Waals surface area contributed by atoms with Crippen molar-refractivity contribution in [2.75, 3.05) is 19.4 Å². The number of carbonyl (C=O) groups excluding carboxylic acids is 1. The second kappa shape index (κ2) is 7.39. The van der Waals surface area contributed by atoms with Gasteiger partial charge in [-0.2, -0.15) is 12.7 Å². The lowest BCUT2D eigenvalue weighted by atomic mass is 10.1. The van der Waals surface area contributed by atoms with Crippen molar-refractivity contribution in [3.8, 4) is 0 Å². The quantitative estimate of drug-likeness (QED) is 0.416. The van der Waals surface area contributed by atoms with Gasteiger partial charge in [0.15, 0.2) is 0 Å². The Bertz CT molecular complexity index is 1350. The summed E-state index contributed by atoms with van der Waals surface area (Å²) in [4.78, 5) is 17.1. The van der Waals surface area contributed by atoms with Gasteiger partial charge in [-0.05, 0) is 40.8 Å². The lowest BCUT2D eigenvalue weighted by Gasteiger charge is -2.14. The number of fused-ring (bicyclic) bond motifs is 3. The molecule has 0 radical (unpaired) electrons. The summed E-state index contributed by atoms with van der Waals surface area (Å²) in [5.41, 5.74) is 1.87. The van der Waals surface area contributed by atoms with Gasteiger partial charge in [0, 0.05) is 30.6 Å². The minimum absolute atomic E-state index is 0.243. The molecule has 2 aromatic carbocycles. The van der Waals surface area contributed by atoms with E-state index in [-0.39, 0.29) is 11.6 Å². The van der Waals surface area contributed by atoms with Crippen molar-refractivity contribution >= 4 is 66.2 Å². The number of amides is 1. The largest absolute Gasteiger partial charge is 0.321 e. The van der Waals surface area contributed by atoms with Gasteiger partial charge in [-0.25, -0.2) is 8.96 Å². The number of hydrogen-bond acceptors (Lipinski definition) is 4. The third-order valence-electron chi connectivity index (χ3n) is 4.55. The van der Waals surface area contributed by atoms with E-state index in [0.29, 0.717) is 25.7 Å². The average Bonchev–Trinajstić information content (AvgIpc) is 3.04. The van der Waals surface area contributed by atoms with Crippen LogP contribution in [0.15, 0.2) is 60.8 Å². The van der Waals surface area contributed by atoms with Crippen molar-refractivity contribution < 1.29 is 13.2 Å². The van der Waals surface area contributed by atoms with Gasteiger partial charge in [-0.15, -0.1) is 0 Å². The maximum atomic E-state index is 13.0. The summed E-state index contributed by atoms with van der Waals surface area (Å²) >= 11 is 2.06. The zero-order valence-corrected chi connectivity index (χ0v) is 18.6. The monoisotopic (exact) mass is 520 g/mol. The normalized spacial score (nSPS) is 12.0. The van der Waals surface area contributed by atoms with E-state index in [4.69, 9.17) is 0 Å². The highest BCUT2D eigenvalue weighted by molar-refractivity contribution is 14.1. The Kier molecular flexibility index (Phi) is 5.05. The lowest BCUT2D eigenvalue weighted by molar-refractivity contribution is 0.102. The molecule has 148 valence electrons. The van der Waals surface area contributed by atoms with Crippen molar-refractivity contribution in [1.29, 1.82) is 0 Å². The molecular weight excluding hydrogens is 503 g/mol. The maximum absolute atomic E-state index is 13.0. The highest BCUT2D eigenvalue weighted by Gasteiger charge is 2.26. The number of hydrogen-bond donors (Lipinski definition) is 1. The number of anilines is 1. The van der Waals surface area contributed by atoms with Gasteiger partial charge in [0.2, 0.25) is 0 Å². The number of nitrogens with one attached hydrogen (secondary N) is 1. The molecule has 0 atom stereocenters. The summed E-state index contributed by atoms with van der Waals surface area (Å²) in [5, 5.41) is 4.25. The van der Waals surface area contributed by atoms with Crippen molar-refractivity contribution in [2.24, 2.45) is 0 Å². The van der Waals surface area contributed by atoms with Crippen LogP contribution in [-0.2, 0) is 10.2 Å². The van der Waals surface area contributed by atoms with Crippen molar-refractivity contribution in [1.82, 2.24) is 13.3 Å². The van der Waals surface area contributed by atoms with Crippen LogP contribution in [-0.4, -0.2) is 41.7 Å². The first-order valence-corrected chi connectivity index (χ1v) is 11.2. The molecule has 0 spiro atoms. The first-order valence-electron chi connectivity index (χ1n) is 8.69. The molecule has 4 rings (SSSR count). The number of rotatable bonds is 4. The van der Waals surface area contributed by atoms with Gasteiger partial charge in [-0.1, -0.05) is 36.4 Å². The summed E-state index contributed by atoms with van der Waals surface area (Å²) in [6, 6.07) is 16.3. The highest BCUT2D eigenvalue weighted by atomic mass is 127. The van der Waals surface area contributed by atoms with Crippen LogP contribution in [0.3, 0.4) is 0 Å². The molecule has 2 heterocycles. The molecule has 1 N–H and O–H groups in total. The molecule has 7 nitrogen and oxygen atoms in total. The molecule has 0 bridgehead atoms. The Labute approximate surface area is 181 Å². The van der Waals surface area contributed by atoms with Crippen LogP contribution in [0.4, 0.5) is 5.69 Å². The van der Waals surface area contributed by atoms with Crippen molar-refractivity contribution in [3.63, 3.8) is 0 Å². The van der Waals surface area contributed by atoms with Crippen LogP contribution in [0, 0.1) is 3.57 Å². The number of para-hydroxylation sites is 2. The van der Waals surface area contributed by atoms with Crippen LogP contribution in [0.5, 0.6) is 0 Å². The average molecular weight is 520 g/mol. The van der Waals surface area contributed by atoms with E-state index >= 15 is 0 Å². The molecule has 0 saturated carbocycles. The number of aromatic nitrogens is 2. The van der Waals surface area contributed by atoms with E-state index in [2.05, 4.69) is 32.9 Å². The van der Waals surface area contributed by atoms with Crippen LogP contribution < -0.4 is 5.32 Å². The summed E-state index contributed by atoms with van der Waals surface area (Å²) in [6.45, 7) is 0. The fraction of sp³-hybridized carbons (Fsp3) is 0.100. The maximum Gasteiger partial charge on any atom is 0.308 e. The second-order valence-corrected chi connectivity index (χ2v) is 9.64. The van der Waals surface area contributed by atoms with Gasteiger partial charge in [0.25, 0.3) is 5.91 Å². The molecule has 0 aliphatic rings. The minimum Gasteiger partial charge on any atom is -0.321 e. The fourth-order valence-corrected chi connectivity index (χ4v) is 5.23. The van der Waals surface area contributed by atoms with E-state index in [1.165, 1.54) is 24.3 Å². The van der Waals surface area contributed by atoms with E-state index in [1.54, 1.807) is 24.3 Å². The number of nitrogens with zero attached hydrogens (tertiary/aromatic N) is 3. The standard InChI is InChI=1S/C20H17IN4O3S/c1-24(2)29(27,28)25-15-11-7-6-10-14(15)17-16(25)12-22-19(18(17)21)20(26)23-13-8-4-3-5-9-13/h3-12H,1-2H3,(H,23,26). The molecule has 0 saturated heterocycles. The van der Waals surface area contributed by atoms with Gasteiger partial charge in [-0.3, -0.25) is 4.79 Å². The van der Waals surface area contributed by atoms with Crippen LogP contribution in [0.2, 0.25) is 0 Å². The molecule has 0 aliphatic heterocycles. The zero-order valence-electron chi connectivity index (χ0n) is 15.6. The smallest absolute Gasteiger partial charge is 0.308 e. The zero-order chi connectivity index (χ0) is 20.8. The third kappa shape index (κ3) is 3.28. The predicted molar refractivity (Wildman–Crippen MR) is 122 cm³/mol. The molecular formula is C20H17IN4O3S. The van der Waals surface area contributed by atoms with Crippen molar-refractivity contribution in [2.45, 2.75) is 0 Å². The third-order valence-corrected chi connectivity index (χ3v) is 7.38. The molecule has 4 aromatic rings. The molecule has 0 fully saturated rings. The molecule has 0 aliphatic carbocycles. The minimum atomic E-state index is -3.78. The second-order valence-electron chi connectivity index (χ2n) is 6.57. The van der Waals surface area contributed by atoms with Gasteiger partial charge in [0.05, 0.1) is 20.8 Å². The number of carbonyl (C=O) groups is 1. The predicted octanol–water partition coefficient (Wildman–Crippen LogP) is 3.70. The van der Waals surface area contributed by atoms with E-state index in [1.807, 2.05) is 30.3 Å². The molecule has 29 heavy (non-hydrogen) atoms. The van der Waals surface area contributed by atoms with E-state index in [0.717, 1.165) is 9.69 Å². The van der Waals surface area contributed by atoms with E-state index in [9.17, 15) is 13.2 Å². The molecule has 1 amide bonds. The summed E-state index contributed by atoms with van der Waals surface area (Å²) in [7, 11) is -0.815. The summed E-state index contributed by atoms with van der Waals surface area (Å²) in [6.07, 6.45) is 1.44. The highest BCUT2D eigenvalue weighted by Crippen LogP contribution is 2.34. The molecule has 9 heteroatoms. The van der Waals surface area contributed by atoms with Crippen LogP contribution in [0.1, 0.15) is 10.5 Å². The molecule has 0 unspecified atom stereocenters. The first kappa shape index (κ1) is 19.8. The Morgan fingerprint density at radius 3 is 2.38 bits per heavy atom. The van der Waals surface area contributed by atoms with Crippen LogP contribution in [0.25, 0.3) is 21.8 Å². The van der Waals surface area contributed by atoms with Crippen LogP contribution >= 0.6 is 22.6 Å². The Morgan fingerprint density at radius 2 is 1.69 bits per heavy atom. The SMILES string of the molecule is CN(C)S(=O)(=O)n1c2ccccc2c2c(I)c(C(=O)Nc3ccccc3)ncc21. The number of pyridine rings is 1. The number of halogens is 1. The Morgan fingerprint density at radius 1 is 1.03 bits per heavy atom. The van der Waals surface area contributed by atoms with Gasteiger partial charge < -0.3 is 5.32 Å². The van der Waals surface area contributed by atoms with E-state index < -0.39 is 10.2 Å². The van der Waals surface area contributed by atoms with Gasteiger partial charge in [0.1, 0.15) is 5.69 Å². The summed E-state index contributed by atoms with van der Waals surface area (Å²) < 4.78 is 29.0. The Balaban J connectivity index is 1.96. The van der Waals surface area contributed by atoms with Gasteiger partial charge >= 0.3 is 10.2 Å². The lowest BCUT2D eigenvalue weighted by Crippen LogP contribution is -2.28. The van der Waals surface area contributed by atoms with Crippen molar-refractivity contribution in [3.05, 3.63) is 70.1 Å². The summed E-state index contributed by atoms with van der Waals surface area (Å²) in [5.74, 6) is -0.352. The first-order chi connectivity index (χ1) is 13.8. The topological polar surface area (TPSA) is 84.3 Å². The molecule has 2 aromatic heterocycles. The fourth-order valence-electron chi connectivity index (χ4n) is 3.16.